The van der Waals surface area contributed by atoms with E-state index >= 15 is 0 Å². The van der Waals surface area contributed by atoms with Crippen LogP contribution in [0.3, 0.4) is 0 Å². The molecule has 1 aliphatic heterocycles. The van der Waals surface area contributed by atoms with Crippen LogP contribution >= 0.6 is 0 Å². The minimum Gasteiger partial charge on any atom is -0.380 e. The number of piperidine rings is 1. The van der Waals surface area contributed by atoms with Gasteiger partial charge in [-0.05, 0) is 30.0 Å². The molecule has 1 aromatic rings. The minimum atomic E-state index is -4.67. The normalized spacial score (nSPS) is 26.9. The molecule has 0 radical (unpaired) electrons. The first kappa shape index (κ1) is 16.2. The molecule has 1 saturated carbocycles. The van der Waals surface area contributed by atoms with Crippen LogP contribution < -0.4 is 0 Å². The molecule has 1 heterocycles. The molecule has 2 unspecified atom stereocenters. The first-order chi connectivity index (χ1) is 10.7. The summed E-state index contributed by atoms with van der Waals surface area (Å²) in [5.41, 5.74) is -1.82. The zero-order chi connectivity index (χ0) is 16.8. The van der Waals surface area contributed by atoms with Crippen LogP contribution in [-0.2, 0) is 4.79 Å². The number of likely N-dealkylation sites (tertiary alicyclic amines) is 1. The van der Waals surface area contributed by atoms with Crippen molar-refractivity contribution in [2.24, 2.45) is 5.92 Å². The summed E-state index contributed by atoms with van der Waals surface area (Å²) in [4.78, 5) is 13.8. The molecule has 3 rings (SSSR count). The molecule has 7 heteroatoms. The van der Waals surface area contributed by atoms with Crippen LogP contribution in [-0.4, -0.2) is 40.8 Å². The van der Waals surface area contributed by atoms with Crippen molar-refractivity contribution in [1.29, 1.82) is 0 Å². The van der Waals surface area contributed by atoms with Gasteiger partial charge in [-0.25, -0.2) is 4.39 Å². The summed E-state index contributed by atoms with van der Waals surface area (Å²) in [6.07, 6.45) is -5.02. The summed E-state index contributed by atoms with van der Waals surface area (Å²) in [7, 11) is 0. The van der Waals surface area contributed by atoms with E-state index in [0.717, 1.165) is 5.56 Å². The first-order valence-corrected chi connectivity index (χ1v) is 7.55. The Morgan fingerprint density at radius 2 is 1.74 bits per heavy atom. The van der Waals surface area contributed by atoms with E-state index in [9.17, 15) is 27.5 Å². The molecule has 0 aromatic heterocycles. The highest BCUT2D eigenvalue weighted by Crippen LogP contribution is 2.49. The van der Waals surface area contributed by atoms with Crippen LogP contribution in [0.15, 0.2) is 24.3 Å². The average molecular weight is 331 g/mol. The van der Waals surface area contributed by atoms with Crippen LogP contribution in [0.4, 0.5) is 17.6 Å². The molecule has 1 saturated heterocycles. The summed E-state index contributed by atoms with van der Waals surface area (Å²) >= 11 is 0. The van der Waals surface area contributed by atoms with Gasteiger partial charge in [0.15, 0.2) is 5.60 Å². The number of carbonyl (C=O) groups is 1. The van der Waals surface area contributed by atoms with Crippen molar-refractivity contribution in [2.45, 2.75) is 37.0 Å². The lowest BCUT2D eigenvalue weighted by Crippen LogP contribution is -2.54. The molecular formula is C16H17F4NO2. The lowest BCUT2D eigenvalue weighted by Gasteiger charge is -2.39. The summed E-state index contributed by atoms with van der Waals surface area (Å²) < 4.78 is 51.2. The number of hydrogen-bond donors (Lipinski definition) is 1. The molecule has 1 amide bonds. The topological polar surface area (TPSA) is 40.5 Å². The van der Waals surface area contributed by atoms with Gasteiger partial charge in [0, 0.05) is 31.8 Å². The molecule has 1 N–H and O–H groups in total. The highest BCUT2D eigenvalue weighted by Gasteiger charge is 2.56. The highest BCUT2D eigenvalue weighted by molar-refractivity contribution is 5.83. The number of aliphatic hydroxyl groups is 1. The van der Waals surface area contributed by atoms with Crippen molar-refractivity contribution in [3.63, 3.8) is 0 Å². The summed E-state index contributed by atoms with van der Waals surface area (Å²) in [5.74, 6) is -0.771. The average Bonchev–Trinajstić information content (AvgIpc) is 3.27. The zero-order valence-corrected chi connectivity index (χ0v) is 12.3. The third-order valence-electron chi connectivity index (χ3n) is 4.84. The number of halogens is 4. The zero-order valence-electron chi connectivity index (χ0n) is 12.3. The Balaban J connectivity index is 1.58. The fourth-order valence-corrected chi connectivity index (χ4v) is 3.16. The predicted octanol–water partition coefficient (Wildman–Crippen LogP) is 2.85. The molecule has 3 nitrogen and oxygen atoms in total. The molecular weight excluding hydrogens is 314 g/mol. The Bertz CT molecular complexity index is 591. The molecule has 1 aromatic carbocycles. The Morgan fingerprint density at radius 1 is 1.17 bits per heavy atom. The molecule has 2 fully saturated rings. The van der Waals surface area contributed by atoms with Gasteiger partial charge in [0.25, 0.3) is 0 Å². The molecule has 126 valence electrons. The van der Waals surface area contributed by atoms with Gasteiger partial charge in [-0.3, -0.25) is 4.79 Å². The van der Waals surface area contributed by atoms with E-state index in [1.807, 2.05) is 0 Å². The van der Waals surface area contributed by atoms with E-state index < -0.39 is 24.6 Å². The SMILES string of the molecule is O=C(C1CC1c1ccc(F)cc1)N1CCC(O)(C(F)(F)F)CC1. The van der Waals surface area contributed by atoms with Gasteiger partial charge in [0.05, 0.1) is 0 Å². The lowest BCUT2D eigenvalue weighted by molar-refractivity contribution is -0.272. The van der Waals surface area contributed by atoms with Crippen molar-refractivity contribution in [1.82, 2.24) is 4.90 Å². The second-order valence-electron chi connectivity index (χ2n) is 6.35. The summed E-state index contributed by atoms with van der Waals surface area (Å²) in [5, 5.41) is 9.62. The largest absolute Gasteiger partial charge is 0.417 e. The second-order valence-corrected chi connectivity index (χ2v) is 6.35. The molecule has 23 heavy (non-hydrogen) atoms. The van der Waals surface area contributed by atoms with E-state index in [0.29, 0.717) is 6.42 Å². The molecule has 0 spiro atoms. The third-order valence-corrected chi connectivity index (χ3v) is 4.84. The minimum absolute atomic E-state index is 0.00604. The number of rotatable bonds is 2. The Morgan fingerprint density at radius 3 is 2.26 bits per heavy atom. The lowest BCUT2D eigenvalue weighted by atomic mass is 9.90. The number of benzene rings is 1. The molecule has 0 bridgehead atoms. The number of alkyl halides is 3. The fraction of sp³-hybridized carbons (Fsp3) is 0.562. The molecule has 2 aliphatic rings. The second kappa shape index (κ2) is 5.47. The van der Waals surface area contributed by atoms with Crippen LogP contribution in [0.2, 0.25) is 0 Å². The highest BCUT2D eigenvalue weighted by atomic mass is 19.4. The Kier molecular flexibility index (Phi) is 3.86. The third kappa shape index (κ3) is 3.06. The van der Waals surface area contributed by atoms with Crippen LogP contribution in [0.25, 0.3) is 0 Å². The Labute approximate surface area is 130 Å². The number of hydrogen-bond acceptors (Lipinski definition) is 2. The Hall–Kier alpha value is -1.63. The fourth-order valence-electron chi connectivity index (χ4n) is 3.16. The summed E-state index contributed by atoms with van der Waals surface area (Å²) in [6, 6.07) is 5.93. The van der Waals surface area contributed by atoms with Crippen molar-refractivity contribution in [3.05, 3.63) is 35.6 Å². The van der Waals surface area contributed by atoms with Gasteiger partial charge < -0.3 is 10.0 Å². The van der Waals surface area contributed by atoms with Crippen molar-refractivity contribution >= 4 is 5.91 Å². The molecule has 1 aliphatic carbocycles. The number of amides is 1. The van der Waals surface area contributed by atoms with E-state index in [1.54, 1.807) is 12.1 Å². The van der Waals surface area contributed by atoms with Gasteiger partial charge in [0.2, 0.25) is 5.91 Å². The van der Waals surface area contributed by atoms with Crippen molar-refractivity contribution < 1.29 is 27.5 Å². The van der Waals surface area contributed by atoms with E-state index in [4.69, 9.17) is 0 Å². The van der Waals surface area contributed by atoms with E-state index in [1.165, 1.54) is 17.0 Å². The first-order valence-electron chi connectivity index (χ1n) is 7.55. The van der Waals surface area contributed by atoms with Gasteiger partial charge in [-0.15, -0.1) is 0 Å². The number of carbonyl (C=O) groups excluding carboxylic acids is 1. The molecule has 2 atom stereocenters. The van der Waals surface area contributed by atoms with Gasteiger partial charge in [-0.1, -0.05) is 12.1 Å². The number of nitrogens with zero attached hydrogens (tertiary/aromatic N) is 1. The van der Waals surface area contributed by atoms with Gasteiger partial charge in [0.1, 0.15) is 5.82 Å². The standard InChI is InChI=1S/C16H17F4NO2/c17-11-3-1-10(2-4-11)12-9-13(12)14(22)21-7-5-15(23,6-8-21)16(18,19)20/h1-4,12-13,23H,5-9H2. The summed E-state index contributed by atoms with van der Waals surface area (Å²) in [6.45, 7) is -0.192. The quantitative estimate of drug-likeness (QED) is 0.847. The van der Waals surface area contributed by atoms with E-state index in [2.05, 4.69) is 0 Å². The van der Waals surface area contributed by atoms with Crippen LogP contribution in [0.1, 0.15) is 30.7 Å². The maximum absolute atomic E-state index is 12.9. The van der Waals surface area contributed by atoms with Crippen LogP contribution in [0.5, 0.6) is 0 Å². The van der Waals surface area contributed by atoms with E-state index in [-0.39, 0.29) is 36.6 Å². The van der Waals surface area contributed by atoms with Crippen LogP contribution in [0, 0.1) is 11.7 Å². The van der Waals surface area contributed by atoms with Gasteiger partial charge in [-0.2, -0.15) is 13.2 Å². The maximum atomic E-state index is 12.9. The van der Waals surface area contributed by atoms with Crippen molar-refractivity contribution in [3.8, 4) is 0 Å². The smallest absolute Gasteiger partial charge is 0.380 e. The predicted molar refractivity (Wildman–Crippen MR) is 74.1 cm³/mol. The van der Waals surface area contributed by atoms with Gasteiger partial charge >= 0.3 is 6.18 Å². The maximum Gasteiger partial charge on any atom is 0.417 e. The monoisotopic (exact) mass is 331 g/mol. The van der Waals surface area contributed by atoms with Crippen molar-refractivity contribution in [2.75, 3.05) is 13.1 Å².